The van der Waals surface area contributed by atoms with E-state index in [0.29, 0.717) is 39.5 Å². The predicted octanol–water partition coefficient (Wildman–Crippen LogP) is 5.63. The molecule has 152 valence electrons. The van der Waals surface area contributed by atoms with E-state index in [1.165, 1.54) is 0 Å². The van der Waals surface area contributed by atoms with E-state index in [-0.39, 0.29) is 0 Å². The van der Waals surface area contributed by atoms with Crippen molar-refractivity contribution in [2.24, 2.45) is 0 Å². The maximum absolute atomic E-state index is 6.23. The molecule has 0 unspecified atom stereocenters. The lowest BCUT2D eigenvalue weighted by molar-refractivity contribution is 0.303. The van der Waals surface area contributed by atoms with Crippen molar-refractivity contribution in [2.45, 2.75) is 13.2 Å². The minimum atomic E-state index is 0.349. The lowest BCUT2D eigenvalue weighted by atomic mass is 10.2. The Morgan fingerprint density at radius 1 is 1.03 bits per heavy atom. The minimum absolute atomic E-state index is 0.349. The first kappa shape index (κ1) is 20.4. The van der Waals surface area contributed by atoms with Gasteiger partial charge in [-0.1, -0.05) is 41.4 Å². The van der Waals surface area contributed by atoms with Crippen LogP contribution in [0.5, 0.6) is 5.75 Å². The molecule has 0 fully saturated rings. The van der Waals surface area contributed by atoms with Crippen LogP contribution in [0.2, 0.25) is 10.0 Å². The highest BCUT2D eigenvalue weighted by Gasteiger charge is 2.11. The molecular formula is C21H17Cl2N5OS. The monoisotopic (exact) mass is 457 g/mol. The zero-order chi connectivity index (χ0) is 20.9. The summed E-state index contributed by atoms with van der Waals surface area (Å²) in [5, 5.41) is 8.40. The van der Waals surface area contributed by atoms with Crippen molar-refractivity contribution in [2.75, 3.05) is 5.43 Å². The second-order valence-electron chi connectivity index (χ2n) is 6.39. The lowest BCUT2D eigenvalue weighted by Gasteiger charge is -2.15. The number of nitrogens with zero attached hydrogens (tertiary/aromatic N) is 3. The predicted molar refractivity (Wildman–Crippen MR) is 121 cm³/mol. The fourth-order valence-electron chi connectivity index (χ4n) is 2.90. The third kappa shape index (κ3) is 4.64. The van der Waals surface area contributed by atoms with Crippen molar-refractivity contribution < 1.29 is 4.74 Å². The van der Waals surface area contributed by atoms with E-state index in [9.17, 15) is 0 Å². The number of halogens is 2. The average Bonchev–Trinajstić information content (AvgIpc) is 3.13. The molecule has 2 N–H and O–H groups in total. The molecule has 4 rings (SSSR count). The maximum Gasteiger partial charge on any atom is 0.214 e. The number of rotatable bonds is 7. The highest BCUT2D eigenvalue weighted by Crippen LogP contribution is 2.26. The summed E-state index contributed by atoms with van der Waals surface area (Å²) in [5.41, 5.74) is 5.95. The van der Waals surface area contributed by atoms with E-state index >= 15 is 0 Å². The van der Waals surface area contributed by atoms with Gasteiger partial charge < -0.3 is 10.2 Å². The van der Waals surface area contributed by atoms with Gasteiger partial charge in [0.05, 0.1) is 6.54 Å². The number of nitrogens with one attached hydrogen (secondary N) is 2. The van der Waals surface area contributed by atoms with Crippen molar-refractivity contribution in [3.05, 3.63) is 92.9 Å². The van der Waals surface area contributed by atoms with Crippen molar-refractivity contribution in [3.63, 3.8) is 0 Å². The first-order chi connectivity index (χ1) is 14.6. The van der Waals surface area contributed by atoms with Crippen LogP contribution in [0.15, 0.2) is 67.0 Å². The zero-order valence-corrected chi connectivity index (χ0v) is 18.0. The molecule has 0 saturated heterocycles. The normalized spacial score (nSPS) is 10.7. The molecule has 0 aliphatic heterocycles. The summed E-state index contributed by atoms with van der Waals surface area (Å²) in [6.45, 7) is 0.770. The van der Waals surface area contributed by atoms with Gasteiger partial charge in [-0.15, -0.1) is 0 Å². The molecule has 6 nitrogen and oxygen atoms in total. The van der Waals surface area contributed by atoms with Gasteiger partial charge >= 0.3 is 0 Å². The topological polar surface area (TPSA) is 67.8 Å². The number of hydrogen-bond acceptors (Lipinski definition) is 5. The molecular weight excluding hydrogens is 441 g/mol. The molecule has 0 radical (unpaired) electrons. The van der Waals surface area contributed by atoms with Gasteiger partial charge in [-0.25, -0.2) is 9.77 Å². The van der Waals surface area contributed by atoms with Crippen molar-refractivity contribution in [3.8, 4) is 17.1 Å². The summed E-state index contributed by atoms with van der Waals surface area (Å²) < 4.78 is 8.18. The van der Waals surface area contributed by atoms with Crippen LogP contribution in [-0.4, -0.2) is 19.9 Å². The van der Waals surface area contributed by atoms with Gasteiger partial charge in [-0.3, -0.25) is 4.98 Å². The van der Waals surface area contributed by atoms with Gasteiger partial charge in [-0.2, -0.15) is 5.10 Å². The summed E-state index contributed by atoms with van der Waals surface area (Å²) in [6, 6.07) is 16.8. The summed E-state index contributed by atoms with van der Waals surface area (Å²) in [6.07, 6.45) is 3.41. The number of H-pyrrole nitrogens is 1. The highest BCUT2D eigenvalue weighted by molar-refractivity contribution is 7.71. The SMILES string of the molecule is S=c1[nH]nc(-c2ccncc2)n1NCc1cc(Cl)ccc1OCc1ccccc1Cl. The van der Waals surface area contributed by atoms with E-state index in [2.05, 4.69) is 20.6 Å². The van der Waals surface area contributed by atoms with Gasteiger partial charge in [0, 0.05) is 39.1 Å². The van der Waals surface area contributed by atoms with Crippen LogP contribution in [0.4, 0.5) is 0 Å². The lowest BCUT2D eigenvalue weighted by Crippen LogP contribution is -2.16. The van der Waals surface area contributed by atoms with Crippen molar-refractivity contribution in [1.29, 1.82) is 0 Å². The molecule has 2 heterocycles. The quantitative estimate of drug-likeness (QED) is 0.351. The number of pyridine rings is 1. The molecule has 30 heavy (non-hydrogen) atoms. The van der Waals surface area contributed by atoms with Gasteiger partial charge in [0.25, 0.3) is 0 Å². The Morgan fingerprint density at radius 2 is 1.83 bits per heavy atom. The summed E-state index contributed by atoms with van der Waals surface area (Å²) >= 11 is 17.8. The van der Waals surface area contributed by atoms with E-state index < -0.39 is 0 Å². The Labute approximate surface area is 188 Å². The number of ether oxygens (including phenoxy) is 1. The second kappa shape index (κ2) is 9.30. The largest absolute Gasteiger partial charge is 0.488 e. The van der Waals surface area contributed by atoms with Crippen LogP contribution >= 0.6 is 35.4 Å². The van der Waals surface area contributed by atoms with Crippen molar-refractivity contribution >= 4 is 35.4 Å². The fourth-order valence-corrected chi connectivity index (χ4v) is 3.48. The smallest absolute Gasteiger partial charge is 0.214 e. The maximum atomic E-state index is 6.23. The molecule has 9 heteroatoms. The van der Waals surface area contributed by atoms with Crippen LogP contribution in [0.3, 0.4) is 0 Å². The molecule has 4 aromatic rings. The Morgan fingerprint density at radius 3 is 2.63 bits per heavy atom. The number of aromatic nitrogens is 4. The fraction of sp³-hybridized carbons (Fsp3) is 0.0952. The Hall–Kier alpha value is -2.87. The number of benzene rings is 2. The first-order valence-electron chi connectivity index (χ1n) is 9.08. The summed E-state index contributed by atoms with van der Waals surface area (Å²) in [5.74, 6) is 1.36. The Kier molecular flexibility index (Phi) is 6.32. The Balaban J connectivity index is 1.55. The molecule has 0 aliphatic rings. The van der Waals surface area contributed by atoms with Crippen LogP contribution in [0.25, 0.3) is 11.4 Å². The highest BCUT2D eigenvalue weighted by atomic mass is 35.5. The van der Waals surface area contributed by atoms with Gasteiger partial charge in [0.15, 0.2) is 5.82 Å². The van der Waals surface area contributed by atoms with Gasteiger partial charge in [0.1, 0.15) is 12.4 Å². The zero-order valence-electron chi connectivity index (χ0n) is 15.7. The summed E-state index contributed by atoms with van der Waals surface area (Å²) in [4.78, 5) is 4.04. The van der Waals surface area contributed by atoms with E-state index in [1.54, 1.807) is 23.1 Å². The van der Waals surface area contributed by atoms with Crippen LogP contribution in [-0.2, 0) is 13.2 Å². The molecule has 0 spiro atoms. The molecule has 0 amide bonds. The second-order valence-corrected chi connectivity index (χ2v) is 7.62. The van der Waals surface area contributed by atoms with Gasteiger partial charge in [0.2, 0.25) is 4.77 Å². The van der Waals surface area contributed by atoms with E-state index in [1.807, 2.05) is 48.5 Å². The molecule has 2 aromatic heterocycles. The third-order valence-electron chi connectivity index (χ3n) is 4.40. The third-order valence-corrected chi connectivity index (χ3v) is 5.28. The molecule has 2 aromatic carbocycles. The molecule has 0 atom stereocenters. The van der Waals surface area contributed by atoms with Crippen molar-refractivity contribution in [1.82, 2.24) is 19.9 Å². The average molecular weight is 458 g/mol. The van der Waals surface area contributed by atoms with Crippen LogP contribution < -0.4 is 10.2 Å². The number of aromatic amines is 1. The van der Waals surface area contributed by atoms with Gasteiger partial charge in [-0.05, 0) is 48.6 Å². The molecule has 0 saturated carbocycles. The summed E-state index contributed by atoms with van der Waals surface area (Å²) in [7, 11) is 0. The molecule has 0 bridgehead atoms. The van der Waals surface area contributed by atoms with Crippen LogP contribution in [0.1, 0.15) is 11.1 Å². The first-order valence-corrected chi connectivity index (χ1v) is 10.2. The van der Waals surface area contributed by atoms with Crippen LogP contribution in [0, 0.1) is 4.77 Å². The van der Waals surface area contributed by atoms with E-state index in [0.717, 1.165) is 16.7 Å². The minimum Gasteiger partial charge on any atom is -0.488 e. The standard InChI is InChI=1S/C21H17Cl2N5OS/c22-17-5-6-19(29-13-15-3-1-2-4-18(15)23)16(11-17)12-25-28-20(26-27-21(28)30)14-7-9-24-10-8-14/h1-11,25H,12-13H2,(H,27,30). The van der Waals surface area contributed by atoms with E-state index in [4.69, 9.17) is 40.2 Å². The molecule has 0 aliphatic carbocycles. The Bertz CT molecular complexity index is 1210. The number of hydrogen-bond donors (Lipinski definition) is 2.